The van der Waals surface area contributed by atoms with Gasteiger partial charge in [-0.05, 0) is 47.0 Å². The molecule has 168 valence electrons. The van der Waals surface area contributed by atoms with Gasteiger partial charge in [0, 0.05) is 39.3 Å². The van der Waals surface area contributed by atoms with Crippen LogP contribution >= 0.6 is 0 Å². The average molecular weight is 413 g/mol. The molecule has 2 unspecified atom stereocenters. The lowest BCUT2D eigenvalue weighted by atomic mass is 10.1. The molecule has 2 aliphatic heterocycles. The molecular formula is C21H40N4O4. The monoisotopic (exact) mass is 412 g/mol. The van der Waals surface area contributed by atoms with Crippen molar-refractivity contribution < 1.29 is 19.0 Å². The number of hydrogen-bond acceptors (Lipinski definition) is 5. The molecule has 2 atom stereocenters. The van der Waals surface area contributed by atoms with Gasteiger partial charge in [-0.2, -0.15) is 0 Å². The molecule has 1 N–H and O–H groups in total. The first-order valence-corrected chi connectivity index (χ1v) is 11.1. The van der Waals surface area contributed by atoms with Crippen LogP contribution in [0.25, 0.3) is 0 Å². The summed E-state index contributed by atoms with van der Waals surface area (Å²) >= 11 is 0. The van der Waals surface area contributed by atoms with E-state index in [2.05, 4.69) is 24.1 Å². The molecule has 8 nitrogen and oxygen atoms in total. The quantitative estimate of drug-likeness (QED) is 0.511. The molecule has 0 spiro atoms. The highest BCUT2D eigenvalue weighted by molar-refractivity contribution is 5.80. The third-order valence-corrected chi connectivity index (χ3v) is 4.88. The smallest absolute Gasteiger partial charge is 0.410 e. The maximum Gasteiger partial charge on any atom is 0.410 e. The van der Waals surface area contributed by atoms with Crippen molar-refractivity contribution in [3.63, 3.8) is 0 Å². The Kier molecular flexibility index (Phi) is 9.49. The molecule has 0 radical (unpaired) electrons. The van der Waals surface area contributed by atoms with Crippen LogP contribution < -0.4 is 5.32 Å². The zero-order valence-electron chi connectivity index (χ0n) is 18.9. The average Bonchev–Trinajstić information content (AvgIpc) is 3.20. The van der Waals surface area contributed by atoms with E-state index < -0.39 is 5.60 Å². The molecule has 0 aromatic carbocycles. The fourth-order valence-electron chi connectivity index (χ4n) is 3.58. The van der Waals surface area contributed by atoms with Crippen molar-refractivity contribution in [3.8, 4) is 0 Å². The largest absolute Gasteiger partial charge is 0.444 e. The summed E-state index contributed by atoms with van der Waals surface area (Å²) in [5.41, 5.74) is -0.494. The number of hydrogen-bond donors (Lipinski definition) is 1. The van der Waals surface area contributed by atoms with E-state index in [4.69, 9.17) is 19.2 Å². The summed E-state index contributed by atoms with van der Waals surface area (Å²) in [6, 6.07) is 0. The SMILES string of the molecule is CCCN(CCN=C(NCC)N1CCOC(C2CCCO2)C1)C(=O)OC(C)(C)C. The topological polar surface area (TPSA) is 75.6 Å². The normalized spacial score (nSPS) is 23.2. The highest BCUT2D eigenvalue weighted by Crippen LogP contribution is 2.21. The minimum atomic E-state index is -0.494. The highest BCUT2D eigenvalue weighted by atomic mass is 16.6. The number of guanidine groups is 1. The summed E-state index contributed by atoms with van der Waals surface area (Å²) in [7, 11) is 0. The summed E-state index contributed by atoms with van der Waals surface area (Å²) in [6.45, 7) is 15.4. The Morgan fingerprint density at radius 2 is 1.97 bits per heavy atom. The van der Waals surface area contributed by atoms with Gasteiger partial charge in [0.15, 0.2) is 5.96 Å². The lowest BCUT2D eigenvalue weighted by Crippen LogP contribution is -2.53. The van der Waals surface area contributed by atoms with Crippen LogP contribution in [0.2, 0.25) is 0 Å². The van der Waals surface area contributed by atoms with Gasteiger partial charge >= 0.3 is 6.09 Å². The Balaban J connectivity index is 1.94. The van der Waals surface area contributed by atoms with Gasteiger partial charge in [0.05, 0.1) is 19.3 Å². The third kappa shape index (κ3) is 8.01. The molecule has 2 fully saturated rings. The number of carbonyl (C=O) groups excluding carboxylic acids is 1. The lowest BCUT2D eigenvalue weighted by molar-refractivity contribution is -0.0817. The van der Waals surface area contributed by atoms with Crippen molar-refractivity contribution in [2.24, 2.45) is 4.99 Å². The van der Waals surface area contributed by atoms with Gasteiger partial charge in [-0.3, -0.25) is 4.99 Å². The molecule has 2 rings (SSSR count). The second-order valence-corrected chi connectivity index (χ2v) is 8.61. The molecule has 29 heavy (non-hydrogen) atoms. The summed E-state index contributed by atoms with van der Waals surface area (Å²) in [5, 5.41) is 3.38. The molecule has 1 amide bonds. The van der Waals surface area contributed by atoms with E-state index in [1.807, 2.05) is 20.8 Å². The van der Waals surface area contributed by atoms with Crippen LogP contribution in [0.15, 0.2) is 4.99 Å². The molecule has 0 aliphatic carbocycles. The Labute approximate surface area is 175 Å². The number of ether oxygens (including phenoxy) is 3. The summed E-state index contributed by atoms with van der Waals surface area (Å²) in [4.78, 5) is 21.2. The fraction of sp³-hybridized carbons (Fsp3) is 0.905. The second kappa shape index (κ2) is 11.6. The Morgan fingerprint density at radius 3 is 2.59 bits per heavy atom. The minimum absolute atomic E-state index is 0.0912. The molecule has 2 aliphatic rings. The van der Waals surface area contributed by atoms with Crippen LogP contribution in [0.5, 0.6) is 0 Å². The van der Waals surface area contributed by atoms with E-state index >= 15 is 0 Å². The van der Waals surface area contributed by atoms with E-state index in [1.54, 1.807) is 4.90 Å². The number of aliphatic imine (C=N–C) groups is 1. The second-order valence-electron chi connectivity index (χ2n) is 8.61. The van der Waals surface area contributed by atoms with E-state index in [-0.39, 0.29) is 18.3 Å². The maximum absolute atomic E-state index is 12.4. The van der Waals surface area contributed by atoms with Crippen LogP contribution in [0.4, 0.5) is 4.79 Å². The van der Waals surface area contributed by atoms with Crippen LogP contribution in [0.1, 0.15) is 53.9 Å². The van der Waals surface area contributed by atoms with Crippen LogP contribution in [0.3, 0.4) is 0 Å². The summed E-state index contributed by atoms with van der Waals surface area (Å²) in [5.74, 6) is 0.874. The molecule has 0 aromatic heterocycles. The van der Waals surface area contributed by atoms with Crippen molar-refractivity contribution in [2.45, 2.75) is 71.7 Å². The molecule has 0 aromatic rings. The first-order valence-electron chi connectivity index (χ1n) is 11.1. The van der Waals surface area contributed by atoms with Crippen molar-refractivity contribution >= 4 is 12.1 Å². The Hall–Kier alpha value is -1.54. The Bertz CT molecular complexity index is 529. The molecule has 0 saturated carbocycles. The number of amides is 1. The Morgan fingerprint density at radius 1 is 1.21 bits per heavy atom. The van der Waals surface area contributed by atoms with Crippen molar-refractivity contribution in [2.75, 3.05) is 52.5 Å². The third-order valence-electron chi connectivity index (χ3n) is 4.88. The first kappa shape index (κ1) is 23.7. The van der Waals surface area contributed by atoms with E-state index in [0.29, 0.717) is 26.2 Å². The van der Waals surface area contributed by atoms with Crippen LogP contribution in [0, 0.1) is 0 Å². The predicted molar refractivity (Wildman–Crippen MR) is 114 cm³/mol. The number of carbonyl (C=O) groups is 1. The van der Waals surface area contributed by atoms with Gasteiger partial charge in [-0.15, -0.1) is 0 Å². The summed E-state index contributed by atoms with van der Waals surface area (Å²) < 4.78 is 17.3. The highest BCUT2D eigenvalue weighted by Gasteiger charge is 2.32. The predicted octanol–water partition coefficient (Wildman–Crippen LogP) is 2.48. The molecule has 2 saturated heterocycles. The zero-order chi connectivity index (χ0) is 21.3. The van der Waals surface area contributed by atoms with Gasteiger partial charge < -0.3 is 29.3 Å². The van der Waals surface area contributed by atoms with E-state index in [0.717, 1.165) is 51.5 Å². The number of rotatable bonds is 7. The maximum atomic E-state index is 12.4. The number of nitrogens with one attached hydrogen (secondary N) is 1. The molecule has 0 bridgehead atoms. The number of nitrogens with zero attached hydrogens (tertiary/aromatic N) is 3. The van der Waals surface area contributed by atoms with Gasteiger partial charge in [-0.1, -0.05) is 6.92 Å². The first-order chi connectivity index (χ1) is 13.8. The molecular weight excluding hydrogens is 372 g/mol. The van der Waals surface area contributed by atoms with Crippen molar-refractivity contribution in [3.05, 3.63) is 0 Å². The minimum Gasteiger partial charge on any atom is -0.444 e. The lowest BCUT2D eigenvalue weighted by Gasteiger charge is -2.37. The van der Waals surface area contributed by atoms with E-state index in [9.17, 15) is 4.79 Å². The number of morpholine rings is 1. The fourth-order valence-corrected chi connectivity index (χ4v) is 3.58. The van der Waals surface area contributed by atoms with Gasteiger partial charge in [0.1, 0.15) is 11.7 Å². The van der Waals surface area contributed by atoms with Crippen molar-refractivity contribution in [1.82, 2.24) is 15.1 Å². The zero-order valence-corrected chi connectivity index (χ0v) is 18.9. The van der Waals surface area contributed by atoms with Crippen LogP contribution in [-0.4, -0.2) is 92.1 Å². The van der Waals surface area contributed by atoms with Gasteiger partial charge in [-0.25, -0.2) is 4.79 Å². The standard InChI is InChI=1S/C21H40N4O4/c1-6-11-24(20(26)29-21(3,4)5)12-10-23-19(22-7-2)25-13-15-28-18(16-25)17-9-8-14-27-17/h17-18H,6-16H2,1-5H3,(H,22,23). The van der Waals surface area contributed by atoms with Gasteiger partial charge in [0.2, 0.25) is 0 Å². The summed E-state index contributed by atoms with van der Waals surface area (Å²) in [6.07, 6.45) is 3.06. The molecule has 8 heteroatoms. The van der Waals surface area contributed by atoms with Crippen LogP contribution in [-0.2, 0) is 14.2 Å². The van der Waals surface area contributed by atoms with Crippen molar-refractivity contribution in [1.29, 1.82) is 0 Å². The van der Waals surface area contributed by atoms with E-state index in [1.165, 1.54) is 0 Å². The molecule has 2 heterocycles. The van der Waals surface area contributed by atoms with Gasteiger partial charge in [0.25, 0.3) is 0 Å².